The van der Waals surface area contributed by atoms with E-state index in [0.29, 0.717) is 0 Å². The fourth-order valence-electron chi connectivity index (χ4n) is 0.988. The Hall–Kier alpha value is -1.64. The summed E-state index contributed by atoms with van der Waals surface area (Å²) in [5.41, 5.74) is 2.12. The number of nitrogens with zero attached hydrogens (tertiary/aromatic N) is 3. The minimum absolute atomic E-state index is 0.987. The summed E-state index contributed by atoms with van der Waals surface area (Å²) in [6.07, 6.45) is 9.25. The number of hydrogen-bond donors (Lipinski definition) is 0. The number of rotatable bonds is 3. The third-order valence-corrected chi connectivity index (χ3v) is 1.62. The van der Waals surface area contributed by atoms with Crippen molar-refractivity contribution in [3.8, 4) is 0 Å². The van der Waals surface area contributed by atoms with E-state index in [9.17, 15) is 0 Å². The van der Waals surface area contributed by atoms with E-state index in [-0.39, 0.29) is 0 Å². The van der Waals surface area contributed by atoms with Gasteiger partial charge in [-0.2, -0.15) is 5.10 Å². The van der Waals surface area contributed by atoms with Crippen LogP contribution in [0.25, 0.3) is 5.70 Å². The molecule has 68 valence electrons. The van der Waals surface area contributed by atoms with Crippen molar-refractivity contribution in [3.63, 3.8) is 0 Å². The highest BCUT2D eigenvalue weighted by Crippen LogP contribution is 2.06. The zero-order chi connectivity index (χ0) is 9.68. The van der Waals surface area contributed by atoms with Gasteiger partial charge in [0.05, 0.1) is 11.9 Å². The first kappa shape index (κ1) is 9.45. The Labute approximate surface area is 78.1 Å². The second-order valence-corrected chi connectivity index (χ2v) is 2.67. The van der Waals surface area contributed by atoms with E-state index in [1.165, 1.54) is 0 Å². The molecular weight excluding hydrogens is 162 g/mol. The molecule has 0 saturated heterocycles. The van der Waals surface area contributed by atoms with Gasteiger partial charge < -0.3 is 0 Å². The van der Waals surface area contributed by atoms with Crippen molar-refractivity contribution in [3.05, 3.63) is 36.3 Å². The highest BCUT2D eigenvalue weighted by atomic mass is 15.3. The highest BCUT2D eigenvalue weighted by Gasteiger charge is 1.95. The van der Waals surface area contributed by atoms with Crippen LogP contribution >= 0.6 is 0 Å². The average Bonchev–Trinajstić information content (AvgIpc) is 2.54. The lowest BCUT2D eigenvalue weighted by atomic mass is 10.4. The molecule has 0 unspecified atom stereocenters. The van der Waals surface area contributed by atoms with Crippen LogP contribution in [0.4, 0.5) is 0 Å². The average molecular weight is 175 g/mol. The van der Waals surface area contributed by atoms with Crippen molar-refractivity contribution >= 4 is 12.4 Å². The first-order valence-corrected chi connectivity index (χ1v) is 4.08. The molecule has 1 heterocycles. The van der Waals surface area contributed by atoms with Crippen LogP contribution in [-0.4, -0.2) is 16.5 Å². The first-order chi connectivity index (χ1) is 6.27. The van der Waals surface area contributed by atoms with E-state index >= 15 is 0 Å². The molecule has 0 spiro atoms. The monoisotopic (exact) mass is 175 g/mol. The standard InChI is InChI=1S/C10H13N3/c1-4-10(5-6-11-3)13-8-9(2)7-12-13/h4-8H,3H2,1-2H3/b6-5-,10-4+. The number of aliphatic imine (C=N–C) groups is 1. The third kappa shape index (κ3) is 2.40. The van der Waals surface area contributed by atoms with Crippen LogP contribution in [0.5, 0.6) is 0 Å². The van der Waals surface area contributed by atoms with Gasteiger partial charge in [0.15, 0.2) is 0 Å². The lowest BCUT2D eigenvalue weighted by Crippen LogP contribution is -1.93. The molecule has 1 aromatic rings. The summed E-state index contributed by atoms with van der Waals surface area (Å²) >= 11 is 0. The SMILES string of the molecule is C=N/C=C\C(=C/C)n1cc(C)cn1. The zero-order valence-electron chi connectivity index (χ0n) is 7.94. The zero-order valence-corrected chi connectivity index (χ0v) is 7.94. The minimum atomic E-state index is 0.987. The van der Waals surface area contributed by atoms with E-state index in [2.05, 4.69) is 16.8 Å². The fraction of sp³-hybridized carbons (Fsp3) is 0.200. The maximum Gasteiger partial charge on any atom is 0.0618 e. The third-order valence-electron chi connectivity index (χ3n) is 1.62. The molecule has 1 rings (SSSR count). The van der Waals surface area contributed by atoms with Crippen LogP contribution in [0.15, 0.2) is 35.7 Å². The summed E-state index contributed by atoms with van der Waals surface area (Å²) < 4.78 is 1.80. The topological polar surface area (TPSA) is 30.2 Å². The fourth-order valence-corrected chi connectivity index (χ4v) is 0.988. The minimum Gasteiger partial charge on any atom is -0.272 e. The van der Waals surface area contributed by atoms with E-state index < -0.39 is 0 Å². The summed E-state index contributed by atoms with van der Waals surface area (Å²) in [6, 6.07) is 0. The van der Waals surface area contributed by atoms with Gasteiger partial charge in [0.1, 0.15) is 0 Å². The van der Waals surface area contributed by atoms with Crippen molar-refractivity contribution in [2.45, 2.75) is 13.8 Å². The van der Waals surface area contributed by atoms with E-state index in [1.54, 1.807) is 10.9 Å². The molecule has 0 radical (unpaired) electrons. The van der Waals surface area contributed by atoms with Gasteiger partial charge in [0, 0.05) is 12.4 Å². The van der Waals surface area contributed by atoms with Crippen LogP contribution in [0.2, 0.25) is 0 Å². The quantitative estimate of drug-likeness (QED) is 0.512. The number of allylic oxidation sites excluding steroid dienone is 3. The van der Waals surface area contributed by atoms with Gasteiger partial charge >= 0.3 is 0 Å². The summed E-state index contributed by atoms with van der Waals surface area (Å²) in [4.78, 5) is 3.64. The molecule has 0 aliphatic heterocycles. The number of aromatic nitrogens is 2. The van der Waals surface area contributed by atoms with Crippen molar-refractivity contribution < 1.29 is 0 Å². The second kappa shape index (κ2) is 4.40. The van der Waals surface area contributed by atoms with Crippen molar-refractivity contribution in [2.24, 2.45) is 4.99 Å². The van der Waals surface area contributed by atoms with Gasteiger partial charge in [0.25, 0.3) is 0 Å². The molecule has 0 N–H and O–H groups in total. The normalized spacial score (nSPS) is 12.3. The molecule has 3 heteroatoms. The maximum atomic E-state index is 4.17. The summed E-state index contributed by atoms with van der Waals surface area (Å²) in [6.45, 7) is 7.34. The van der Waals surface area contributed by atoms with Crippen molar-refractivity contribution in [2.75, 3.05) is 0 Å². The number of aryl methyl sites for hydroxylation is 1. The van der Waals surface area contributed by atoms with Crippen molar-refractivity contribution in [1.29, 1.82) is 0 Å². The summed E-state index contributed by atoms with van der Waals surface area (Å²) in [5.74, 6) is 0. The van der Waals surface area contributed by atoms with Gasteiger partial charge in [-0.15, -0.1) is 0 Å². The van der Waals surface area contributed by atoms with Crippen LogP contribution < -0.4 is 0 Å². The molecule has 0 amide bonds. The Morgan fingerprint density at radius 1 is 1.69 bits per heavy atom. The predicted octanol–water partition coefficient (Wildman–Crippen LogP) is 2.27. The molecule has 0 bridgehead atoms. The molecule has 0 aliphatic rings. The van der Waals surface area contributed by atoms with Gasteiger partial charge in [-0.1, -0.05) is 6.08 Å². The van der Waals surface area contributed by atoms with Crippen LogP contribution in [0, 0.1) is 6.92 Å². The molecule has 0 atom stereocenters. The molecule has 1 aromatic heterocycles. The van der Waals surface area contributed by atoms with Gasteiger partial charge in [-0.05, 0) is 32.2 Å². The summed E-state index contributed by atoms with van der Waals surface area (Å²) in [5, 5.41) is 4.17. The molecule has 0 aliphatic carbocycles. The van der Waals surface area contributed by atoms with Crippen LogP contribution in [-0.2, 0) is 0 Å². The predicted molar refractivity (Wildman–Crippen MR) is 55.6 cm³/mol. The van der Waals surface area contributed by atoms with Crippen LogP contribution in [0.3, 0.4) is 0 Å². The Kier molecular flexibility index (Phi) is 3.20. The van der Waals surface area contributed by atoms with Crippen LogP contribution in [0.1, 0.15) is 12.5 Å². The molecular formula is C10H13N3. The first-order valence-electron chi connectivity index (χ1n) is 4.08. The van der Waals surface area contributed by atoms with E-state index in [4.69, 9.17) is 0 Å². The highest BCUT2D eigenvalue weighted by molar-refractivity contribution is 5.55. The summed E-state index contributed by atoms with van der Waals surface area (Å²) in [7, 11) is 0. The van der Waals surface area contributed by atoms with Gasteiger partial charge in [0.2, 0.25) is 0 Å². The molecule has 3 nitrogen and oxygen atoms in total. The lowest BCUT2D eigenvalue weighted by molar-refractivity contribution is 0.908. The Bertz CT molecular complexity index is 345. The number of hydrogen-bond acceptors (Lipinski definition) is 2. The smallest absolute Gasteiger partial charge is 0.0618 e. The molecule has 0 fully saturated rings. The van der Waals surface area contributed by atoms with E-state index in [0.717, 1.165) is 11.3 Å². The second-order valence-electron chi connectivity index (χ2n) is 2.67. The Morgan fingerprint density at radius 2 is 2.46 bits per heavy atom. The largest absolute Gasteiger partial charge is 0.272 e. The molecule has 0 saturated carbocycles. The van der Waals surface area contributed by atoms with Gasteiger partial charge in [-0.25, -0.2) is 4.68 Å². The Morgan fingerprint density at radius 3 is 2.92 bits per heavy atom. The molecule has 0 aromatic carbocycles. The Balaban J connectivity index is 2.91. The lowest BCUT2D eigenvalue weighted by Gasteiger charge is -1.99. The van der Waals surface area contributed by atoms with E-state index in [1.807, 2.05) is 38.4 Å². The maximum absolute atomic E-state index is 4.17. The van der Waals surface area contributed by atoms with Gasteiger partial charge in [-0.3, -0.25) is 4.99 Å². The van der Waals surface area contributed by atoms with Crippen molar-refractivity contribution in [1.82, 2.24) is 9.78 Å². The molecule has 13 heavy (non-hydrogen) atoms.